The van der Waals surface area contributed by atoms with Gasteiger partial charge in [0.1, 0.15) is 11.3 Å². The zero-order valence-electron chi connectivity index (χ0n) is 14.0. The fraction of sp³-hybridized carbons (Fsp3) is 0.100. The first-order valence-electron chi connectivity index (χ1n) is 7.83. The topological polar surface area (TPSA) is 71.2 Å². The van der Waals surface area contributed by atoms with Crippen molar-refractivity contribution >= 4 is 11.6 Å². The van der Waals surface area contributed by atoms with E-state index in [0.717, 1.165) is 11.1 Å². The monoisotopic (exact) mass is 334 g/mol. The van der Waals surface area contributed by atoms with Gasteiger partial charge in [-0.1, -0.05) is 42.0 Å². The van der Waals surface area contributed by atoms with Gasteiger partial charge in [-0.15, -0.1) is 0 Å². The second-order valence-electron chi connectivity index (χ2n) is 5.64. The van der Waals surface area contributed by atoms with E-state index in [9.17, 15) is 9.59 Å². The Morgan fingerprint density at radius 1 is 1.00 bits per heavy atom. The number of amides is 1. The Morgan fingerprint density at radius 3 is 2.40 bits per heavy atom. The molecule has 0 aliphatic rings. The van der Waals surface area contributed by atoms with E-state index in [0.29, 0.717) is 17.1 Å². The molecule has 2 N–H and O–H groups in total. The first kappa shape index (κ1) is 16.5. The normalized spacial score (nSPS) is 10.3. The van der Waals surface area contributed by atoms with Gasteiger partial charge >= 0.3 is 0 Å². The average Bonchev–Trinajstić information content (AvgIpc) is 2.62. The number of carbonyl (C=O) groups excluding carboxylic acids is 1. The van der Waals surface area contributed by atoms with E-state index in [1.807, 2.05) is 31.2 Å². The number of hydrogen-bond donors (Lipinski definition) is 2. The third-order valence-corrected chi connectivity index (χ3v) is 3.87. The van der Waals surface area contributed by atoms with Crippen LogP contribution in [-0.4, -0.2) is 18.0 Å². The second kappa shape index (κ2) is 7.05. The number of rotatable bonds is 4. The predicted octanol–water partition coefficient (Wildman–Crippen LogP) is 3.61. The fourth-order valence-corrected chi connectivity index (χ4v) is 2.49. The molecule has 5 heteroatoms. The quantitative estimate of drug-likeness (QED) is 0.765. The molecule has 0 radical (unpaired) electrons. The lowest BCUT2D eigenvalue weighted by Gasteiger charge is -2.10. The van der Waals surface area contributed by atoms with Gasteiger partial charge in [-0.2, -0.15) is 0 Å². The minimum Gasteiger partial charge on any atom is -0.495 e. The summed E-state index contributed by atoms with van der Waals surface area (Å²) >= 11 is 0. The molecule has 2 aromatic carbocycles. The van der Waals surface area contributed by atoms with E-state index in [1.54, 1.807) is 30.3 Å². The lowest BCUT2D eigenvalue weighted by Crippen LogP contribution is -2.23. The highest BCUT2D eigenvalue weighted by molar-refractivity contribution is 6.04. The summed E-state index contributed by atoms with van der Waals surface area (Å²) in [5, 5.41) is 2.70. The second-order valence-corrected chi connectivity index (χ2v) is 5.64. The van der Waals surface area contributed by atoms with E-state index >= 15 is 0 Å². The molecule has 5 nitrogen and oxygen atoms in total. The van der Waals surface area contributed by atoms with Gasteiger partial charge in [-0.3, -0.25) is 9.59 Å². The third-order valence-electron chi connectivity index (χ3n) is 3.87. The largest absolute Gasteiger partial charge is 0.495 e. The van der Waals surface area contributed by atoms with Crippen LogP contribution in [0.1, 0.15) is 15.9 Å². The Bertz CT molecular complexity index is 959. The zero-order chi connectivity index (χ0) is 17.8. The molecule has 0 spiro atoms. The van der Waals surface area contributed by atoms with Crippen molar-refractivity contribution in [1.29, 1.82) is 0 Å². The molecule has 0 bridgehead atoms. The van der Waals surface area contributed by atoms with Crippen molar-refractivity contribution in [2.24, 2.45) is 0 Å². The number of H-pyrrole nitrogens is 1. The fourth-order valence-electron chi connectivity index (χ4n) is 2.49. The van der Waals surface area contributed by atoms with Gasteiger partial charge in [-0.05, 0) is 36.8 Å². The summed E-state index contributed by atoms with van der Waals surface area (Å²) in [6.45, 7) is 2.00. The van der Waals surface area contributed by atoms with Crippen LogP contribution >= 0.6 is 0 Å². The summed E-state index contributed by atoms with van der Waals surface area (Å²) in [4.78, 5) is 27.5. The van der Waals surface area contributed by atoms with Crippen molar-refractivity contribution in [3.8, 4) is 17.0 Å². The molecule has 0 fully saturated rings. The Labute approximate surface area is 145 Å². The lowest BCUT2D eigenvalue weighted by atomic mass is 10.1. The number of aryl methyl sites for hydroxylation is 1. The maximum Gasteiger partial charge on any atom is 0.261 e. The summed E-state index contributed by atoms with van der Waals surface area (Å²) < 4.78 is 5.20. The molecule has 1 amide bonds. The van der Waals surface area contributed by atoms with E-state index in [1.165, 1.54) is 13.2 Å². The number of pyridine rings is 1. The van der Waals surface area contributed by atoms with Crippen LogP contribution in [0.3, 0.4) is 0 Å². The van der Waals surface area contributed by atoms with Gasteiger partial charge in [0.15, 0.2) is 0 Å². The summed E-state index contributed by atoms with van der Waals surface area (Å²) in [7, 11) is 1.52. The highest BCUT2D eigenvalue weighted by Crippen LogP contribution is 2.23. The number of aromatic amines is 1. The van der Waals surface area contributed by atoms with Crippen molar-refractivity contribution in [2.75, 3.05) is 12.4 Å². The Kier molecular flexibility index (Phi) is 4.66. The van der Waals surface area contributed by atoms with E-state index in [4.69, 9.17) is 4.74 Å². The van der Waals surface area contributed by atoms with Gasteiger partial charge < -0.3 is 15.0 Å². The molecule has 25 heavy (non-hydrogen) atoms. The van der Waals surface area contributed by atoms with Crippen LogP contribution in [0.2, 0.25) is 0 Å². The highest BCUT2D eigenvalue weighted by atomic mass is 16.5. The molecule has 0 saturated heterocycles. The molecule has 126 valence electrons. The van der Waals surface area contributed by atoms with Crippen LogP contribution in [0.5, 0.6) is 5.75 Å². The summed E-state index contributed by atoms with van der Waals surface area (Å²) in [5.41, 5.74) is 2.81. The molecule has 0 atom stereocenters. The number of anilines is 1. The SMILES string of the molecule is COc1ccccc1NC(=O)c1ccc(-c2ccc(C)cc2)[nH]c1=O. The third kappa shape index (κ3) is 3.61. The summed E-state index contributed by atoms with van der Waals surface area (Å²) in [6.07, 6.45) is 0. The van der Waals surface area contributed by atoms with Crippen molar-refractivity contribution in [3.63, 3.8) is 0 Å². The Morgan fingerprint density at radius 2 is 1.72 bits per heavy atom. The van der Waals surface area contributed by atoms with Gasteiger partial charge in [0.25, 0.3) is 11.5 Å². The minimum atomic E-state index is -0.485. The summed E-state index contributed by atoms with van der Waals surface area (Å²) in [6, 6.07) is 18.1. The number of benzene rings is 2. The average molecular weight is 334 g/mol. The van der Waals surface area contributed by atoms with Crippen molar-refractivity contribution in [3.05, 3.63) is 82.1 Å². The van der Waals surface area contributed by atoms with Crippen LogP contribution in [0.25, 0.3) is 11.3 Å². The number of carbonyl (C=O) groups is 1. The highest BCUT2D eigenvalue weighted by Gasteiger charge is 2.13. The summed E-state index contributed by atoms with van der Waals surface area (Å²) in [5.74, 6) is 0.0461. The molecule has 3 aromatic rings. The zero-order valence-corrected chi connectivity index (χ0v) is 14.0. The van der Waals surface area contributed by atoms with Crippen molar-refractivity contribution < 1.29 is 9.53 Å². The van der Waals surface area contributed by atoms with E-state index < -0.39 is 11.5 Å². The molecule has 0 aliphatic heterocycles. The van der Waals surface area contributed by atoms with Gasteiger partial charge in [0.2, 0.25) is 0 Å². The lowest BCUT2D eigenvalue weighted by molar-refractivity contribution is 0.102. The van der Waals surface area contributed by atoms with Crippen molar-refractivity contribution in [1.82, 2.24) is 4.98 Å². The van der Waals surface area contributed by atoms with Crippen LogP contribution in [0.4, 0.5) is 5.69 Å². The minimum absolute atomic E-state index is 0.0433. The maximum atomic E-state index is 12.4. The number of methoxy groups -OCH3 is 1. The molecule has 0 saturated carbocycles. The maximum absolute atomic E-state index is 12.4. The van der Waals surface area contributed by atoms with Crippen LogP contribution in [-0.2, 0) is 0 Å². The van der Waals surface area contributed by atoms with Crippen LogP contribution < -0.4 is 15.6 Å². The number of hydrogen-bond acceptors (Lipinski definition) is 3. The standard InChI is InChI=1S/C20H18N2O3/c1-13-7-9-14(10-8-13)16-12-11-15(19(23)21-16)20(24)22-17-5-3-4-6-18(17)25-2/h3-12H,1-2H3,(H,21,23)(H,22,24). The number of ether oxygens (including phenoxy) is 1. The molecule has 0 unspecified atom stereocenters. The van der Waals surface area contributed by atoms with E-state index in [2.05, 4.69) is 10.3 Å². The first-order chi connectivity index (χ1) is 12.1. The Balaban J connectivity index is 1.87. The number of nitrogens with one attached hydrogen (secondary N) is 2. The van der Waals surface area contributed by atoms with E-state index in [-0.39, 0.29) is 5.56 Å². The smallest absolute Gasteiger partial charge is 0.261 e. The molecule has 1 heterocycles. The molecular weight excluding hydrogens is 316 g/mol. The first-order valence-corrected chi connectivity index (χ1v) is 7.83. The predicted molar refractivity (Wildman–Crippen MR) is 98.2 cm³/mol. The molecular formula is C20H18N2O3. The van der Waals surface area contributed by atoms with Crippen LogP contribution in [0.15, 0.2) is 65.5 Å². The number of aromatic nitrogens is 1. The molecule has 1 aromatic heterocycles. The Hall–Kier alpha value is -3.34. The van der Waals surface area contributed by atoms with Gasteiger partial charge in [0.05, 0.1) is 12.8 Å². The molecule has 3 rings (SSSR count). The number of para-hydroxylation sites is 2. The van der Waals surface area contributed by atoms with Gasteiger partial charge in [0, 0.05) is 5.69 Å². The van der Waals surface area contributed by atoms with Gasteiger partial charge in [-0.25, -0.2) is 0 Å². The molecule has 0 aliphatic carbocycles. The van der Waals surface area contributed by atoms with Crippen LogP contribution in [0, 0.1) is 6.92 Å². The van der Waals surface area contributed by atoms with Crippen molar-refractivity contribution in [2.45, 2.75) is 6.92 Å².